The monoisotopic (exact) mass is 483 g/mol. The predicted molar refractivity (Wildman–Crippen MR) is 137 cm³/mol. The van der Waals surface area contributed by atoms with Gasteiger partial charge in [0.1, 0.15) is 11.6 Å². The normalized spacial score (nSPS) is 18.1. The Balaban J connectivity index is 1.78. The Bertz CT molecular complexity index is 943. The first-order valence-electron chi connectivity index (χ1n) is 12.7. The van der Waals surface area contributed by atoms with Crippen molar-refractivity contribution < 1.29 is 18.7 Å². The number of benzene rings is 2. The molecule has 0 saturated carbocycles. The maximum atomic E-state index is 13.7. The van der Waals surface area contributed by atoms with Crippen LogP contribution in [0.2, 0.25) is 0 Å². The number of anilines is 1. The highest BCUT2D eigenvalue weighted by molar-refractivity contribution is 5.97. The van der Waals surface area contributed by atoms with Crippen molar-refractivity contribution in [2.24, 2.45) is 5.92 Å². The summed E-state index contributed by atoms with van der Waals surface area (Å²) >= 11 is 0. The summed E-state index contributed by atoms with van der Waals surface area (Å²) in [5.74, 6) is -0.212. The highest BCUT2D eigenvalue weighted by Crippen LogP contribution is 2.40. The van der Waals surface area contributed by atoms with E-state index in [2.05, 4.69) is 24.1 Å². The fraction of sp³-hybridized carbons (Fsp3) is 0.500. The van der Waals surface area contributed by atoms with Gasteiger partial charge >= 0.3 is 0 Å². The van der Waals surface area contributed by atoms with Gasteiger partial charge in [0.15, 0.2) is 0 Å². The van der Waals surface area contributed by atoms with E-state index in [1.165, 1.54) is 12.1 Å². The third kappa shape index (κ3) is 7.04. The Morgan fingerprint density at radius 2 is 1.71 bits per heavy atom. The molecule has 3 rings (SSSR count). The van der Waals surface area contributed by atoms with Crippen molar-refractivity contribution in [2.45, 2.75) is 52.0 Å². The minimum absolute atomic E-state index is 0.0525. The Kier molecular flexibility index (Phi) is 10.1. The molecule has 1 fully saturated rings. The maximum Gasteiger partial charge on any atom is 0.227 e. The molecule has 2 unspecified atom stereocenters. The summed E-state index contributed by atoms with van der Waals surface area (Å²) < 4.78 is 18.9. The first kappa shape index (κ1) is 26.7. The largest absolute Gasteiger partial charge is 0.497 e. The Labute approximate surface area is 208 Å². The van der Waals surface area contributed by atoms with Gasteiger partial charge in [-0.15, -0.1) is 0 Å². The number of amides is 2. The number of nitrogens with one attached hydrogen (secondary N) is 1. The number of methoxy groups -OCH3 is 1. The van der Waals surface area contributed by atoms with Crippen LogP contribution in [0.4, 0.5) is 10.1 Å². The van der Waals surface area contributed by atoms with Crippen molar-refractivity contribution in [3.05, 3.63) is 59.9 Å². The molecule has 2 aromatic rings. The number of carbonyl (C=O) groups excluding carboxylic acids is 2. The molecule has 1 N–H and O–H groups in total. The highest BCUT2D eigenvalue weighted by atomic mass is 19.1. The lowest BCUT2D eigenvalue weighted by Crippen LogP contribution is -2.48. The molecule has 35 heavy (non-hydrogen) atoms. The maximum absolute atomic E-state index is 13.7. The molecule has 0 bridgehead atoms. The predicted octanol–water partition coefficient (Wildman–Crippen LogP) is 4.95. The van der Waals surface area contributed by atoms with E-state index in [0.29, 0.717) is 24.4 Å². The van der Waals surface area contributed by atoms with Gasteiger partial charge in [0.2, 0.25) is 11.8 Å². The second-order valence-electron chi connectivity index (χ2n) is 9.09. The molecular formula is C28H38FN3O3. The molecule has 1 aliphatic heterocycles. The van der Waals surface area contributed by atoms with Gasteiger partial charge in [-0.2, -0.15) is 0 Å². The van der Waals surface area contributed by atoms with E-state index in [0.717, 1.165) is 44.5 Å². The average Bonchev–Trinajstić information content (AvgIpc) is 2.87. The number of piperidine rings is 1. The molecular weight excluding hydrogens is 445 g/mol. The van der Waals surface area contributed by atoms with Gasteiger partial charge in [0.25, 0.3) is 0 Å². The standard InChI is InChI=1S/C28H38FN3O3/c1-4-18-31(19-5-2)20-6-17-30-28(34)25-15-16-26(33)32(23-11-13-24(35-3)14-12-23)27(25)21-7-9-22(29)10-8-21/h7-14,25,27H,4-6,15-20H2,1-3H3,(H,30,34). The van der Waals surface area contributed by atoms with Crippen molar-refractivity contribution in [1.82, 2.24) is 10.2 Å². The van der Waals surface area contributed by atoms with Crippen LogP contribution in [0.1, 0.15) is 57.6 Å². The van der Waals surface area contributed by atoms with Crippen molar-refractivity contribution in [3.8, 4) is 5.75 Å². The van der Waals surface area contributed by atoms with Gasteiger partial charge in [0, 0.05) is 18.7 Å². The van der Waals surface area contributed by atoms with Crippen molar-refractivity contribution in [3.63, 3.8) is 0 Å². The topological polar surface area (TPSA) is 61.9 Å². The zero-order chi connectivity index (χ0) is 25.2. The molecule has 1 aliphatic rings. The second kappa shape index (κ2) is 13.2. The molecule has 2 amide bonds. The fourth-order valence-corrected chi connectivity index (χ4v) is 4.87. The van der Waals surface area contributed by atoms with Crippen molar-refractivity contribution in [2.75, 3.05) is 38.2 Å². The zero-order valence-electron chi connectivity index (χ0n) is 21.1. The lowest BCUT2D eigenvalue weighted by atomic mass is 9.83. The summed E-state index contributed by atoms with van der Waals surface area (Å²) in [7, 11) is 1.59. The van der Waals surface area contributed by atoms with Crippen LogP contribution in [-0.2, 0) is 9.59 Å². The van der Waals surface area contributed by atoms with Gasteiger partial charge in [-0.05, 0) is 87.3 Å². The lowest BCUT2D eigenvalue weighted by molar-refractivity contribution is -0.129. The number of halogens is 1. The van der Waals surface area contributed by atoms with Crippen molar-refractivity contribution >= 4 is 17.5 Å². The average molecular weight is 484 g/mol. The number of ether oxygens (including phenoxy) is 1. The van der Waals surface area contributed by atoms with E-state index in [9.17, 15) is 14.0 Å². The van der Waals surface area contributed by atoms with E-state index in [4.69, 9.17) is 4.74 Å². The molecule has 0 aromatic heterocycles. The van der Waals surface area contributed by atoms with E-state index in [-0.39, 0.29) is 24.1 Å². The van der Waals surface area contributed by atoms with E-state index in [1.807, 2.05) is 12.1 Å². The van der Waals surface area contributed by atoms with E-state index < -0.39 is 12.0 Å². The minimum atomic E-state index is -0.512. The quantitative estimate of drug-likeness (QED) is 0.434. The molecule has 0 aliphatic carbocycles. The van der Waals surface area contributed by atoms with Gasteiger partial charge < -0.3 is 19.9 Å². The van der Waals surface area contributed by atoms with E-state index >= 15 is 0 Å². The Hall–Kier alpha value is -2.93. The van der Waals surface area contributed by atoms with Gasteiger partial charge in [-0.3, -0.25) is 9.59 Å². The lowest BCUT2D eigenvalue weighted by Gasteiger charge is -2.41. The molecule has 6 nitrogen and oxygen atoms in total. The van der Waals surface area contributed by atoms with Crippen LogP contribution in [0.15, 0.2) is 48.5 Å². The van der Waals surface area contributed by atoms with Crippen LogP contribution < -0.4 is 15.0 Å². The number of rotatable bonds is 12. The minimum Gasteiger partial charge on any atom is -0.497 e. The summed E-state index contributed by atoms with van der Waals surface area (Å²) in [5.41, 5.74) is 1.44. The van der Waals surface area contributed by atoms with Crippen LogP contribution in [0, 0.1) is 11.7 Å². The summed E-state index contributed by atoms with van der Waals surface area (Å²) in [6.07, 6.45) is 3.84. The summed E-state index contributed by atoms with van der Waals surface area (Å²) in [5, 5.41) is 3.11. The molecule has 7 heteroatoms. The third-order valence-electron chi connectivity index (χ3n) is 6.53. The molecule has 190 valence electrons. The molecule has 2 aromatic carbocycles. The third-order valence-corrected chi connectivity index (χ3v) is 6.53. The Morgan fingerprint density at radius 3 is 2.31 bits per heavy atom. The van der Waals surface area contributed by atoms with E-state index in [1.54, 1.807) is 36.3 Å². The fourth-order valence-electron chi connectivity index (χ4n) is 4.87. The number of nitrogens with zero attached hydrogens (tertiary/aromatic N) is 2. The first-order chi connectivity index (χ1) is 17.0. The molecule has 2 atom stereocenters. The highest BCUT2D eigenvalue weighted by Gasteiger charge is 2.41. The summed E-state index contributed by atoms with van der Waals surface area (Å²) in [6.45, 7) is 8.03. The molecule has 0 radical (unpaired) electrons. The van der Waals surface area contributed by atoms with Crippen LogP contribution in [0.5, 0.6) is 5.75 Å². The van der Waals surface area contributed by atoms with Gasteiger partial charge in [-0.25, -0.2) is 4.39 Å². The SMILES string of the molecule is CCCN(CCC)CCCNC(=O)C1CCC(=O)N(c2ccc(OC)cc2)C1c1ccc(F)cc1. The number of hydrogen-bond acceptors (Lipinski definition) is 4. The smallest absolute Gasteiger partial charge is 0.227 e. The number of hydrogen-bond donors (Lipinski definition) is 1. The summed E-state index contributed by atoms with van der Waals surface area (Å²) in [6, 6.07) is 12.8. The van der Waals surface area contributed by atoms with Crippen LogP contribution >= 0.6 is 0 Å². The van der Waals surface area contributed by atoms with Crippen LogP contribution in [0.3, 0.4) is 0 Å². The summed E-state index contributed by atoms with van der Waals surface area (Å²) in [4.78, 5) is 30.6. The molecule has 1 saturated heterocycles. The van der Waals surface area contributed by atoms with Crippen molar-refractivity contribution in [1.29, 1.82) is 0 Å². The van der Waals surface area contributed by atoms with Crippen LogP contribution in [-0.4, -0.2) is 50.0 Å². The van der Waals surface area contributed by atoms with Crippen LogP contribution in [0.25, 0.3) is 0 Å². The number of carbonyl (C=O) groups is 2. The zero-order valence-corrected chi connectivity index (χ0v) is 21.1. The molecule has 1 heterocycles. The second-order valence-corrected chi connectivity index (χ2v) is 9.09. The Morgan fingerprint density at radius 1 is 1.06 bits per heavy atom. The molecule has 0 spiro atoms. The van der Waals surface area contributed by atoms with Gasteiger partial charge in [0.05, 0.1) is 19.1 Å². The first-order valence-corrected chi connectivity index (χ1v) is 12.7. The van der Waals surface area contributed by atoms with Gasteiger partial charge in [-0.1, -0.05) is 26.0 Å².